The molecule has 1 saturated carbocycles. The summed E-state index contributed by atoms with van der Waals surface area (Å²) >= 11 is 1.73. The average molecular weight is 347 g/mol. The van der Waals surface area contributed by atoms with E-state index in [4.69, 9.17) is 0 Å². The first kappa shape index (κ1) is 17.1. The van der Waals surface area contributed by atoms with Crippen LogP contribution in [-0.4, -0.2) is 34.9 Å². The maximum Gasteiger partial charge on any atom is 0.267 e. The maximum atomic E-state index is 12.0. The standard InChI is InChI=1S/C17H25N5OS/c1-12-4-9-16(23)22(20-12)14-7-5-13(6-8-14)18-10-15-11-19-17(24-15)21(2)3/h4,9,11,13-14,18H,5-8,10H2,1-3H3. The van der Waals surface area contributed by atoms with E-state index in [0.717, 1.165) is 43.1 Å². The smallest absolute Gasteiger partial charge is 0.267 e. The Hall–Kier alpha value is -1.73. The van der Waals surface area contributed by atoms with Crippen molar-refractivity contribution in [3.05, 3.63) is 39.3 Å². The van der Waals surface area contributed by atoms with Gasteiger partial charge in [-0.15, -0.1) is 11.3 Å². The molecule has 24 heavy (non-hydrogen) atoms. The maximum absolute atomic E-state index is 12.0. The normalized spacial score (nSPS) is 21.0. The van der Waals surface area contributed by atoms with Crippen LogP contribution in [0.25, 0.3) is 0 Å². The van der Waals surface area contributed by atoms with E-state index in [1.54, 1.807) is 28.2 Å². The highest BCUT2D eigenvalue weighted by molar-refractivity contribution is 7.15. The monoisotopic (exact) mass is 347 g/mol. The van der Waals surface area contributed by atoms with E-state index < -0.39 is 0 Å². The summed E-state index contributed by atoms with van der Waals surface area (Å²) in [6.07, 6.45) is 6.10. The second-order valence-corrected chi connectivity index (χ2v) is 7.74. The first-order valence-electron chi connectivity index (χ1n) is 8.45. The first-order valence-corrected chi connectivity index (χ1v) is 9.26. The van der Waals surface area contributed by atoms with Gasteiger partial charge in [-0.1, -0.05) is 0 Å². The topological polar surface area (TPSA) is 63.1 Å². The first-order chi connectivity index (χ1) is 11.5. The van der Waals surface area contributed by atoms with Crippen molar-refractivity contribution < 1.29 is 0 Å². The highest BCUT2D eigenvalue weighted by Crippen LogP contribution is 2.27. The van der Waals surface area contributed by atoms with Gasteiger partial charge >= 0.3 is 0 Å². The van der Waals surface area contributed by atoms with Crippen LogP contribution in [0.5, 0.6) is 0 Å². The molecule has 3 rings (SSSR count). The largest absolute Gasteiger partial charge is 0.354 e. The Bertz CT molecular complexity index is 731. The molecule has 1 aliphatic rings. The summed E-state index contributed by atoms with van der Waals surface area (Å²) in [5.74, 6) is 0. The fourth-order valence-corrected chi connectivity index (χ4v) is 3.92. The van der Waals surface area contributed by atoms with Crippen LogP contribution < -0.4 is 15.8 Å². The van der Waals surface area contributed by atoms with Crippen molar-refractivity contribution in [2.45, 2.75) is 51.2 Å². The molecule has 0 unspecified atom stereocenters. The van der Waals surface area contributed by atoms with E-state index in [0.29, 0.717) is 6.04 Å². The number of hydrogen-bond acceptors (Lipinski definition) is 6. The second-order valence-electron chi connectivity index (χ2n) is 6.65. The van der Waals surface area contributed by atoms with Gasteiger partial charge in [-0.25, -0.2) is 9.67 Å². The number of nitrogens with one attached hydrogen (secondary N) is 1. The average Bonchev–Trinajstić information content (AvgIpc) is 3.05. The summed E-state index contributed by atoms with van der Waals surface area (Å²) in [4.78, 5) is 19.7. The Morgan fingerprint density at radius 1 is 1.29 bits per heavy atom. The van der Waals surface area contributed by atoms with Crippen LogP contribution in [0.15, 0.2) is 23.1 Å². The zero-order valence-electron chi connectivity index (χ0n) is 14.5. The third-order valence-electron chi connectivity index (χ3n) is 4.49. The van der Waals surface area contributed by atoms with Crippen molar-refractivity contribution in [1.29, 1.82) is 0 Å². The van der Waals surface area contributed by atoms with Crippen molar-refractivity contribution in [2.75, 3.05) is 19.0 Å². The summed E-state index contributed by atoms with van der Waals surface area (Å²) in [6.45, 7) is 2.80. The Morgan fingerprint density at radius 3 is 2.71 bits per heavy atom. The van der Waals surface area contributed by atoms with E-state index in [-0.39, 0.29) is 11.6 Å². The van der Waals surface area contributed by atoms with Gasteiger partial charge in [0.05, 0.1) is 11.7 Å². The quantitative estimate of drug-likeness (QED) is 0.899. The zero-order chi connectivity index (χ0) is 17.1. The molecule has 1 aliphatic carbocycles. The SMILES string of the molecule is Cc1ccc(=O)n(C2CCC(NCc3cnc(N(C)C)s3)CC2)n1. The third kappa shape index (κ3) is 4.02. The van der Waals surface area contributed by atoms with E-state index in [1.165, 1.54) is 4.88 Å². The molecule has 130 valence electrons. The van der Waals surface area contributed by atoms with E-state index in [1.807, 2.05) is 32.1 Å². The number of nitrogens with zero attached hydrogens (tertiary/aromatic N) is 4. The van der Waals surface area contributed by atoms with Gasteiger partial charge in [-0.05, 0) is 38.7 Å². The van der Waals surface area contributed by atoms with E-state index >= 15 is 0 Å². The molecule has 0 bridgehead atoms. The lowest BCUT2D eigenvalue weighted by molar-refractivity contribution is 0.268. The summed E-state index contributed by atoms with van der Waals surface area (Å²) < 4.78 is 1.68. The molecule has 0 spiro atoms. The highest BCUT2D eigenvalue weighted by atomic mass is 32.1. The highest BCUT2D eigenvalue weighted by Gasteiger charge is 2.23. The number of thiazole rings is 1. The number of hydrogen-bond donors (Lipinski definition) is 1. The van der Waals surface area contributed by atoms with E-state index in [9.17, 15) is 4.79 Å². The molecule has 0 amide bonds. The fourth-order valence-electron chi connectivity index (χ4n) is 3.14. The lowest BCUT2D eigenvalue weighted by Gasteiger charge is -2.29. The molecule has 2 aromatic heterocycles. The van der Waals surface area contributed by atoms with Crippen LogP contribution in [0.3, 0.4) is 0 Å². The third-order valence-corrected chi connectivity index (χ3v) is 5.65. The minimum atomic E-state index is 0.0119. The molecule has 2 aromatic rings. The fraction of sp³-hybridized carbons (Fsp3) is 0.588. The Kier molecular flexibility index (Phi) is 5.30. The van der Waals surface area contributed by atoms with Gasteiger partial charge in [0.25, 0.3) is 5.56 Å². The van der Waals surface area contributed by atoms with Crippen LogP contribution in [0.2, 0.25) is 0 Å². The molecular weight excluding hydrogens is 322 g/mol. The molecule has 0 radical (unpaired) electrons. The lowest BCUT2D eigenvalue weighted by Crippen LogP contribution is -2.36. The van der Waals surface area contributed by atoms with Crippen molar-refractivity contribution in [3.63, 3.8) is 0 Å². The molecule has 0 saturated heterocycles. The Labute approximate surface area is 146 Å². The van der Waals surface area contributed by atoms with Gasteiger partial charge in [0.2, 0.25) is 0 Å². The minimum absolute atomic E-state index is 0.0119. The summed E-state index contributed by atoms with van der Waals surface area (Å²) in [6, 6.07) is 4.15. The van der Waals surface area contributed by atoms with Gasteiger partial charge in [-0.3, -0.25) is 4.79 Å². The van der Waals surface area contributed by atoms with Crippen molar-refractivity contribution in [2.24, 2.45) is 0 Å². The molecule has 2 heterocycles. The number of anilines is 1. The molecule has 0 atom stereocenters. The van der Waals surface area contributed by atoms with Crippen molar-refractivity contribution in [3.8, 4) is 0 Å². The van der Waals surface area contributed by atoms with Crippen LogP contribution in [-0.2, 0) is 6.54 Å². The minimum Gasteiger partial charge on any atom is -0.354 e. The molecule has 0 aromatic carbocycles. The van der Waals surface area contributed by atoms with E-state index in [2.05, 4.69) is 15.4 Å². The van der Waals surface area contributed by atoms with Crippen LogP contribution in [0.4, 0.5) is 5.13 Å². The summed E-state index contributed by atoms with van der Waals surface area (Å²) in [5.41, 5.74) is 0.912. The Morgan fingerprint density at radius 2 is 2.04 bits per heavy atom. The molecule has 0 aliphatic heterocycles. The van der Waals surface area contributed by atoms with Crippen LogP contribution >= 0.6 is 11.3 Å². The van der Waals surface area contributed by atoms with Gasteiger partial charge in [0.15, 0.2) is 5.13 Å². The lowest BCUT2D eigenvalue weighted by atomic mass is 9.91. The molecule has 6 nitrogen and oxygen atoms in total. The van der Waals surface area contributed by atoms with Gasteiger partial charge < -0.3 is 10.2 Å². The Balaban J connectivity index is 1.51. The second kappa shape index (κ2) is 7.44. The number of rotatable bonds is 5. The number of aromatic nitrogens is 3. The zero-order valence-corrected chi connectivity index (χ0v) is 15.3. The number of aryl methyl sites for hydroxylation is 1. The summed E-state index contributed by atoms with van der Waals surface area (Å²) in [7, 11) is 4.02. The van der Waals surface area contributed by atoms with Gasteiger partial charge in [0.1, 0.15) is 0 Å². The molecule has 7 heteroatoms. The van der Waals surface area contributed by atoms with Gasteiger partial charge in [-0.2, -0.15) is 5.10 Å². The molecular formula is C17H25N5OS. The van der Waals surface area contributed by atoms with Crippen molar-refractivity contribution >= 4 is 16.5 Å². The molecule has 1 N–H and O–H groups in total. The van der Waals surface area contributed by atoms with Crippen LogP contribution in [0, 0.1) is 6.92 Å². The van der Waals surface area contributed by atoms with Crippen LogP contribution in [0.1, 0.15) is 42.3 Å². The molecule has 1 fully saturated rings. The summed E-state index contributed by atoms with van der Waals surface area (Å²) in [5, 5.41) is 9.08. The predicted molar refractivity (Wildman–Crippen MR) is 97.8 cm³/mol. The van der Waals surface area contributed by atoms with Gasteiger partial charge in [0, 0.05) is 43.8 Å². The van der Waals surface area contributed by atoms with Crippen molar-refractivity contribution in [1.82, 2.24) is 20.1 Å². The predicted octanol–water partition coefficient (Wildman–Crippen LogP) is 2.35.